The van der Waals surface area contributed by atoms with Gasteiger partial charge in [-0.15, -0.1) is 11.8 Å². The number of carbonyl (C=O) groups excluding carboxylic acids is 1. The fourth-order valence-corrected chi connectivity index (χ4v) is 4.34. The highest BCUT2D eigenvalue weighted by Gasteiger charge is 2.37. The molecule has 0 aromatic heterocycles. The van der Waals surface area contributed by atoms with Crippen LogP contribution in [-0.2, 0) is 4.79 Å². The molecule has 2 N–H and O–H groups in total. The SMILES string of the molecule is CNCCN1C(=O)[C@@H](O)[C@@H](c2ccc(OC)cc2)Sc2cc(OC)ccc21. The van der Waals surface area contributed by atoms with Crippen molar-refractivity contribution in [2.75, 3.05) is 39.3 Å². The molecule has 2 aromatic carbocycles. The number of anilines is 1. The number of carbonyl (C=O) groups is 1. The van der Waals surface area contributed by atoms with Gasteiger partial charge in [0.15, 0.2) is 0 Å². The Kier molecular flexibility index (Phi) is 6.26. The lowest BCUT2D eigenvalue weighted by molar-refractivity contribution is -0.126. The summed E-state index contributed by atoms with van der Waals surface area (Å²) in [6, 6.07) is 13.1. The van der Waals surface area contributed by atoms with Crippen molar-refractivity contribution in [3.05, 3.63) is 48.0 Å². The van der Waals surface area contributed by atoms with Crippen LogP contribution in [0.2, 0.25) is 0 Å². The molecule has 144 valence electrons. The van der Waals surface area contributed by atoms with Crippen molar-refractivity contribution in [3.8, 4) is 11.5 Å². The van der Waals surface area contributed by atoms with Gasteiger partial charge in [-0.1, -0.05) is 12.1 Å². The Bertz CT molecular complexity index is 797. The van der Waals surface area contributed by atoms with Crippen LogP contribution in [0.25, 0.3) is 0 Å². The van der Waals surface area contributed by atoms with E-state index in [4.69, 9.17) is 9.47 Å². The highest BCUT2D eigenvalue weighted by atomic mass is 32.2. The molecule has 6 nitrogen and oxygen atoms in total. The lowest BCUT2D eigenvalue weighted by Gasteiger charge is -2.25. The predicted octanol–water partition coefficient (Wildman–Crippen LogP) is 2.46. The van der Waals surface area contributed by atoms with Gasteiger partial charge in [0.05, 0.1) is 25.2 Å². The van der Waals surface area contributed by atoms with E-state index < -0.39 is 11.4 Å². The van der Waals surface area contributed by atoms with E-state index in [9.17, 15) is 9.90 Å². The molecular formula is C20H24N2O4S. The normalized spacial score (nSPS) is 19.4. The number of benzene rings is 2. The largest absolute Gasteiger partial charge is 0.497 e. The molecule has 1 aliphatic rings. The summed E-state index contributed by atoms with van der Waals surface area (Å²) in [6.07, 6.45) is -1.15. The van der Waals surface area contributed by atoms with E-state index in [1.807, 2.05) is 49.5 Å². The second kappa shape index (κ2) is 8.65. The standard InChI is InChI=1S/C20H24N2O4S/c1-21-10-11-22-16-9-8-15(26-3)12-17(16)27-19(18(23)20(22)24)13-4-6-14(25-2)7-5-13/h4-9,12,18-19,21,23H,10-11H2,1-3H3/t18-,19+/m0/s1. The van der Waals surface area contributed by atoms with Gasteiger partial charge in [-0.25, -0.2) is 0 Å². The fourth-order valence-electron chi connectivity index (χ4n) is 3.05. The van der Waals surface area contributed by atoms with E-state index in [-0.39, 0.29) is 5.91 Å². The Hall–Kier alpha value is -2.22. The van der Waals surface area contributed by atoms with Crippen molar-refractivity contribution in [1.82, 2.24) is 5.32 Å². The molecule has 0 aliphatic carbocycles. The molecule has 0 radical (unpaired) electrons. The Morgan fingerprint density at radius 2 is 1.78 bits per heavy atom. The molecule has 0 saturated carbocycles. The van der Waals surface area contributed by atoms with Crippen molar-refractivity contribution < 1.29 is 19.4 Å². The number of amides is 1. The van der Waals surface area contributed by atoms with Gasteiger partial charge in [0.25, 0.3) is 5.91 Å². The minimum Gasteiger partial charge on any atom is -0.497 e. The fraction of sp³-hybridized carbons (Fsp3) is 0.350. The number of aliphatic hydroxyl groups is 1. The summed E-state index contributed by atoms with van der Waals surface area (Å²) in [4.78, 5) is 15.6. The molecule has 0 bridgehead atoms. The highest BCUT2D eigenvalue weighted by molar-refractivity contribution is 7.99. The van der Waals surface area contributed by atoms with E-state index >= 15 is 0 Å². The number of aliphatic hydroxyl groups excluding tert-OH is 1. The molecule has 1 amide bonds. The van der Waals surface area contributed by atoms with Crippen molar-refractivity contribution in [1.29, 1.82) is 0 Å². The number of methoxy groups -OCH3 is 2. The third-order valence-corrected chi connectivity index (χ3v) is 5.91. The third-order valence-electron chi connectivity index (χ3n) is 4.55. The molecule has 3 rings (SSSR count). The molecule has 1 heterocycles. The number of hydrogen-bond acceptors (Lipinski definition) is 6. The molecular weight excluding hydrogens is 364 g/mol. The monoisotopic (exact) mass is 388 g/mol. The zero-order chi connectivity index (χ0) is 19.4. The van der Waals surface area contributed by atoms with Gasteiger partial charge >= 0.3 is 0 Å². The van der Waals surface area contributed by atoms with Crippen LogP contribution in [0, 0.1) is 0 Å². The van der Waals surface area contributed by atoms with Crippen molar-refractivity contribution in [3.63, 3.8) is 0 Å². The van der Waals surface area contributed by atoms with Gasteiger partial charge in [0, 0.05) is 18.0 Å². The first-order valence-electron chi connectivity index (χ1n) is 8.71. The van der Waals surface area contributed by atoms with Crippen LogP contribution in [0.1, 0.15) is 10.8 Å². The second-order valence-electron chi connectivity index (χ2n) is 6.18. The third kappa shape index (κ3) is 4.05. The number of thioether (sulfide) groups is 1. The van der Waals surface area contributed by atoms with Crippen LogP contribution < -0.4 is 19.7 Å². The van der Waals surface area contributed by atoms with Crippen molar-refractivity contribution in [2.24, 2.45) is 0 Å². The highest BCUT2D eigenvalue weighted by Crippen LogP contribution is 2.47. The molecule has 0 unspecified atom stereocenters. The van der Waals surface area contributed by atoms with E-state index in [0.29, 0.717) is 18.8 Å². The number of fused-ring (bicyclic) bond motifs is 1. The number of hydrogen-bond donors (Lipinski definition) is 2. The number of nitrogens with zero attached hydrogens (tertiary/aromatic N) is 1. The topological polar surface area (TPSA) is 71.0 Å². The Labute approximate surface area is 163 Å². The Balaban J connectivity index is 2.03. The molecule has 27 heavy (non-hydrogen) atoms. The number of likely N-dealkylation sites (N-methyl/N-ethyl adjacent to an activating group) is 1. The second-order valence-corrected chi connectivity index (χ2v) is 7.37. The van der Waals surface area contributed by atoms with Crippen molar-refractivity contribution >= 4 is 23.4 Å². The maximum Gasteiger partial charge on any atom is 0.257 e. The zero-order valence-electron chi connectivity index (χ0n) is 15.6. The van der Waals surface area contributed by atoms with Crippen LogP contribution in [0.3, 0.4) is 0 Å². The molecule has 1 aliphatic heterocycles. The van der Waals surface area contributed by atoms with Crippen LogP contribution >= 0.6 is 11.8 Å². The summed E-state index contributed by atoms with van der Waals surface area (Å²) in [6.45, 7) is 1.10. The van der Waals surface area contributed by atoms with Crippen molar-refractivity contribution in [2.45, 2.75) is 16.2 Å². The Morgan fingerprint density at radius 3 is 2.41 bits per heavy atom. The van der Waals surface area contributed by atoms with Crippen LogP contribution in [0.4, 0.5) is 5.69 Å². The van der Waals surface area contributed by atoms with E-state index in [2.05, 4.69) is 5.32 Å². The minimum absolute atomic E-state index is 0.303. The van der Waals surface area contributed by atoms with Gasteiger partial charge in [0.2, 0.25) is 0 Å². The summed E-state index contributed by atoms with van der Waals surface area (Å²) in [5.41, 5.74) is 1.65. The summed E-state index contributed by atoms with van der Waals surface area (Å²) >= 11 is 1.47. The average Bonchev–Trinajstić information content (AvgIpc) is 2.81. The molecule has 7 heteroatoms. The van der Waals surface area contributed by atoms with Gasteiger partial charge in [0.1, 0.15) is 17.6 Å². The predicted molar refractivity (Wildman–Crippen MR) is 107 cm³/mol. The molecule has 0 spiro atoms. The van der Waals surface area contributed by atoms with Crippen LogP contribution in [-0.4, -0.2) is 51.5 Å². The van der Waals surface area contributed by atoms with Crippen LogP contribution in [0.5, 0.6) is 11.5 Å². The maximum absolute atomic E-state index is 13.1. The Morgan fingerprint density at radius 1 is 1.11 bits per heavy atom. The molecule has 0 saturated heterocycles. The summed E-state index contributed by atoms with van der Waals surface area (Å²) in [7, 11) is 5.06. The number of nitrogens with one attached hydrogen (secondary N) is 1. The molecule has 2 aromatic rings. The first-order valence-corrected chi connectivity index (χ1v) is 9.59. The summed E-state index contributed by atoms with van der Waals surface area (Å²) in [5, 5.41) is 13.5. The quantitative estimate of drug-likeness (QED) is 0.792. The maximum atomic E-state index is 13.1. The molecule has 2 atom stereocenters. The number of rotatable bonds is 6. The summed E-state index contributed by atoms with van der Waals surface area (Å²) in [5.74, 6) is 1.14. The number of ether oxygens (including phenoxy) is 2. The van der Waals surface area contributed by atoms with E-state index in [0.717, 1.165) is 21.9 Å². The van der Waals surface area contributed by atoms with E-state index in [1.54, 1.807) is 19.1 Å². The summed E-state index contributed by atoms with van der Waals surface area (Å²) < 4.78 is 10.6. The molecule has 0 fully saturated rings. The lowest BCUT2D eigenvalue weighted by atomic mass is 10.1. The van der Waals surface area contributed by atoms with Gasteiger partial charge in [-0.3, -0.25) is 4.79 Å². The first kappa shape index (κ1) is 19.5. The average molecular weight is 388 g/mol. The lowest BCUT2D eigenvalue weighted by Crippen LogP contribution is -2.43. The smallest absolute Gasteiger partial charge is 0.257 e. The van der Waals surface area contributed by atoms with E-state index in [1.165, 1.54) is 11.8 Å². The minimum atomic E-state index is -1.15. The van der Waals surface area contributed by atoms with Gasteiger partial charge < -0.3 is 24.8 Å². The van der Waals surface area contributed by atoms with Gasteiger partial charge in [-0.05, 0) is 42.9 Å². The van der Waals surface area contributed by atoms with Gasteiger partial charge in [-0.2, -0.15) is 0 Å². The zero-order valence-corrected chi connectivity index (χ0v) is 16.5. The first-order chi connectivity index (χ1) is 13.1. The van der Waals surface area contributed by atoms with Crippen LogP contribution in [0.15, 0.2) is 47.4 Å².